The van der Waals surface area contributed by atoms with Gasteiger partial charge in [0.2, 0.25) is 0 Å². The summed E-state index contributed by atoms with van der Waals surface area (Å²) in [5.41, 5.74) is 0. The van der Waals surface area contributed by atoms with Crippen LogP contribution in [0.2, 0.25) is 0 Å². The second-order valence-corrected chi connectivity index (χ2v) is 1.32. The Balaban J connectivity index is 3.35. The molecular formula is C4H6O6. The molecule has 0 aromatic rings. The average molecular weight is 150 g/mol. The molecule has 0 unspecified atom stereocenters. The van der Waals surface area contributed by atoms with E-state index >= 15 is 0 Å². The summed E-state index contributed by atoms with van der Waals surface area (Å²) in [5, 5.41) is 15.5. The van der Waals surface area contributed by atoms with E-state index in [-0.39, 0.29) is 13.0 Å². The smallest absolute Gasteiger partial charge is 0.449 e. The Morgan fingerprint density at radius 1 is 1.40 bits per heavy atom. The van der Waals surface area contributed by atoms with Gasteiger partial charge in [-0.05, 0) is 0 Å². The van der Waals surface area contributed by atoms with Gasteiger partial charge in [-0.3, -0.25) is 10.1 Å². The van der Waals surface area contributed by atoms with Gasteiger partial charge in [-0.25, -0.2) is 9.68 Å². The van der Waals surface area contributed by atoms with Crippen molar-refractivity contribution in [1.82, 2.24) is 0 Å². The van der Waals surface area contributed by atoms with E-state index in [0.717, 1.165) is 0 Å². The Kier molecular flexibility index (Phi) is 4.17. The number of hydrogen-bond acceptors (Lipinski definition) is 5. The molecule has 0 aliphatic heterocycles. The average Bonchev–Trinajstić information content (AvgIpc) is 1.82. The van der Waals surface area contributed by atoms with Crippen molar-refractivity contribution in [2.75, 3.05) is 6.61 Å². The van der Waals surface area contributed by atoms with Crippen LogP contribution in [0.3, 0.4) is 0 Å². The molecule has 0 aliphatic rings. The second-order valence-electron chi connectivity index (χ2n) is 1.32. The number of hydrogen-bond donors (Lipinski definition) is 2. The quantitative estimate of drug-likeness (QED) is 0.256. The predicted molar refractivity (Wildman–Crippen MR) is 27.3 cm³/mol. The maximum atomic E-state index is 10.2. The third-order valence-corrected chi connectivity index (χ3v) is 0.599. The molecule has 6 heteroatoms. The van der Waals surface area contributed by atoms with Crippen LogP contribution in [0.1, 0.15) is 6.42 Å². The summed E-state index contributed by atoms with van der Waals surface area (Å²) in [6, 6.07) is 0. The molecular weight excluding hydrogens is 144 g/mol. The summed E-state index contributed by atoms with van der Waals surface area (Å²) in [7, 11) is 0. The number of esters is 1. The van der Waals surface area contributed by atoms with Crippen molar-refractivity contribution in [2.45, 2.75) is 6.42 Å². The lowest BCUT2D eigenvalue weighted by atomic mass is 10.5. The zero-order valence-corrected chi connectivity index (χ0v) is 4.94. The van der Waals surface area contributed by atoms with Gasteiger partial charge in [-0.15, -0.1) is 0 Å². The largest absolute Gasteiger partial charge is 0.513 e. The van der Waals surface area contributed by atoms with Crippen LogP contribution in [0.15, 0.2) is 0 Å². The van der Waals surface area contributed by atoms with E-state index in [1.165, 1.54) is 0 Å². The topological polar surface area (TPSA) is 93.1 Å². The van der Waals surface area contributed by atoms with Crippen LogP contribution in [0.25, 0.3) is 0 Å². The highest BCUT2D eigenvalue weighted by atomic mass is 17.1. The first-order chi connectivity index (χ1) is 4.66. The Hall–Kier alpha value is -1.14. The maximum Gasteiger partial charge on any atom is 0.513 e. The summed E-state index contributed by atoms with van der Waals surface area (Å²) in [6.07, 6.45) is -1.95. The fourth-order valence-electron chi connectivity index (χ4n) is 0.277. The lowest BCUT2D eigenvalue weighted by molar-refractivity contribution is -0.243. The minimum Gasteiger partial charge on any atom is -0.449 e. The van der Waals surface area contributed by atoms with E-state index in [0.29, 0.717) is 0 Å². The number of rotatable bonds is 3. The Bertz CT molecular complexity index is 130. The van der Waals surface area contributed by atoms with E-state index in [2.05, 4.69) is 9.62 Å². The van der Waals surface area contributed by atoms with Crippen LogP contribution < -0.4 is 0 Å². The van der Waals surface area contributed by atoms with Crippen molar-refractivity contribution in [1.29, 1.82) is 0 Å². The fraction of sp³-hybridized carbons (Fsp3) is 0.500. The maximum absolute atomic E-state index is 10.2. The van der Waals surface area contributed by atoms with Crippen LogP contribution in [0.5, 0.6) is 0 Å². The van der Waals surface area contributed by atoms with Gasteiger partial charge in [0, 0.05) is 0 Å². The molecule has 0 amide bonds. The molecule has 0 heterocycles. The van der Waals surface area contributed by atoms with E-state index in [1.54, 1.807) is 0 Å². The van der Waals surface area contributed by atoms with Gasteiger partial charge in [0.15, 0.2) is 0 Å². The number of carbonyl (C=O) groups excluding carboxylic acids is 1. The minimum absolute atomic E-state index is 0.272. The molecule has 58 valence electrons. The van der Waals surface area contributed by atoms with Gasteiger partial charge < -0.3 is 9.84 Å². The molecule has 0 fully saturated rings. The SMILES string of the molecule is O=C(O)OC(=O)CCOO. The van der Waals surface area contributed by atoms with Crippen molar-refractivity contribution in [3.05, 3.63) is 0 Å². The molecule has 10 heavy (non-hydrogen) atoms. The summed E-state index contributed by atoms with van der Waals surface area (Å²) in [4.78, 5) is 23.3. The van der Waals surface area contributed by atoms with Crippen LogP contribution in [0.4, 0.5) is 4.79 Å². The van der Waals surface area contributed by atoms with Crippen molar-refractivity contribution in [3.8, 4) is 0 Å². The Morgan fingerprint density at radius 3 is 2.40 bits per heavy atom. The molecule has 0 saturated heterocycles. The van der Waals surface area contributed by atoms with Crippen LogP contribution in [0, 0.1) is 0 Å². The first-order valence-electron chi connectivity index (χ1n) is 2.36. The Morgan fingerprint density at radius 2 is 2.00 bits per heavy atom. The van der Waals surface area contributed by atoms with E-state index in [4.69, 9.17) is 10.4 Å². The van der Waals surface area contributed by atoms with E-state index < -0.39 is 12.1 Å². The third-order valence-electron chi connectivity index (χ3n) is 0.599. The minimum atomic E-state index is -1.66. The second kappa shape index (κ2) is 4.71. The molecule has 0 rings (SSSR count). The molecule has 0 aliphatic carbocycles. The lowest BCUT2D eigenvalue weighted by Gasteiger charge is -1.94. The van der Waals surface area contributed by atoms with Gasteiger partial charge in [0.1, 0.15) is 0 Å². The van der Waals surface area contributed by atoms with E-state index in [9.17, 15) is 9.59 Å². The zero-order chi connectivity index (χ0) is 7.98. The predicted octanol–water partition coefficient (Wildman–Crippen LogP) is 0.0873. The van der Waals surface area contributed by atoms with E-state index in [1.807, 2.05) is 0 Å². The molecule has 0 radical (unpaired) electrons. The van der Waals surface area contributed by atoms with Gasteiger partial charge in [0.25, 0.3) is 0 Å². The van der Waals surface area contributed by atoms with Crippen molar-refractivity contribution in [2.24, 2.45) is 0 Å². The fourth-order valence-corrected chi connectivity index (χ4v) is 0.277. The van der Waals surface area contributed by atoms with Crippen molar-refractivity contribution < 1.29 is 29.6 Å². The van der Waals surface area contributed by atoms with Crippen LogP contribution in [-0.4, -0.2) is 29.1 Å². The molecule has 6 nitrogen and oxygen atoms in total. The summed E-state index contributed by atoms with van der Waals surface area (Å²) < 4.78 is 3.64. The summed E-state index contributed by atoms with van der Waals surface area (Å²) in [5.74, 6) is -0.957. The summed E-state index contributed by atoms with van der Waals surface area (Å²) in [6.45, 7) is -0.272. The summed E-state index contributed by atoms with van der Waals surface area (Å²) >= 11 is 0. The van der Waals surface area contributed by atoms with Crippen LogP contribution in [-0.2, 0) is 14.4 Å². The first-order valence-corrected chi connectivity index (χ1v) is 2.36. The number of carbonyl (C=O) groups is 2. The molecule has 0 saturated carbocycles. The molecule has 0 atom stereocenters. The molecule has 0 spiro atoms. The van der Waals surface area contributed by atoms with Crippen molar-refractivity contribution in [3.63, 3.8) is 0 Å². The highest BCUT2D eigenvalue weighted by molar-refractivity contribution is 5.80. The lowest BCUT2D eigenvalue weighted by Crippen LogP contribution is -2.11. The number of ether oxygens (including phenoxy) is 1. The zero-order valence-electron chi connectivity index (χ0n) is 4.94. The number of carboxylic acid groups (broad SMARTS) is 1. The molecule has 2 N–H and O–H groups in total. The monoisotopic (exact) mass is 150 g/mol. The van der Waals surface area contributed by atoms with Gasteiger partial charge in [-0.1, -0.05) is 0 Å². The third kappa shape index (κ3) is 5.01. The molecule has 0 aromatic carbocycles. The normalized spacial score (nSPS) is 8.90. The van der Waals surface area contributed by atoms with Gasteiger partial charge >= 0.3 is 12.1 Å². The van der Waals surface area contributed by atoms with Crippen LogP contribution >= 0.6 is 0 Å². The molecule has 0 bridgehead atoms. The van der Waals surface area contributed by atoms with Gasteiger partial charge in [-0.2, -0.15) is 0 Å². The van der Waals surface area contributed by atoms with Gasteiger partial charge in [0.05, 0.1) is 13.0 Å². The molecule has 0 aromatic heterocycles. The standard InChI is InChI=1S/C4H6O6/c5-3(1-2-9-8)10-4(6)7/h8H,1-2H2,(H,6,7). The highest BCUT2D eigenvalue weighted by Gasteiger charge is 2.06. The first kappa shape index (κ1) is 8.86. The van der Waals surface area contributed by atoms with Crippen molar-refractivity contribution >= 4 is 12.1 Å². The highest BCUT2D eigenvalue weighted by Crippen LogP contribution is 1.86. The Labute approximate surface area is 55.9 Å².